The number of aromatic amines is 1. The Hall–Kier alpha value is -3.53. The standard InChI is InChI=1S/C20H20N4O5S/c1-9-17(19(28)29-4)14(22-18(9)10(2)25)8-16(27)24-20-23-13-6-5-12(21-11(3)26)7-15(13)30-20/h5-7,22H,8H2,1-4H3,(H,21,26)(H,23,24,27). The quantitative estimate of drug-likeness (QED) is 0.409. The summed E-state index contributed by atoms with van der Waals surface area (Å²) in [6.45, 7) is 4.42. The molecule has 0 saturated carbocycles. The van der Waals surface area contributed by atoms with Crippen molar-refractivity contribution in [2.45, 2.75) is 27.2 Å². The topological polar surface area (TPSA) is 130 Å². The fourth-order valence-electron chi connectivity index (χ4n) is 3.10. The molecule has 2 heterocycles. The number of fused-ring (bicyclic) bond motifs is 1. The highest BCUT2D eigenvalue weighted by atomic mass is 32.1. The highest BCUT2D eigenvalue weighted by Crippen LogP contribution is 2.29. The maximum absolute atomic E-state index is 12.6. The Labute approximate surface area is 175 Å². The van der Waals surface area contributed by atoms with E-state index < -0.39 is 11.9 Å². The van der Waals surface area contributed by atoms with Crippen molar-refractivity contribution in [1.82, 2.24) is 9.97 Å². The lowest BCUT2D eigenvalue weighted by Crippen LogP contribution is -2.17. The van der Waals surface area contributed by atoms with Gasteiger partial charge < -0.3 is 20.4 Å². The number of carbonyl (C=O) groups is 4. The number of nitrogens with zero attached hydrogens (tertiary/aromatic N) is 1. The number of rotatable bonds is 6. The molecule has 3 aromatic rings. The van der Waals surface area contributed by atoms with E-state index in [1.165, 1.54) is 32.3 Å². The predicted molar refractivity (Wildman–Crippen MR) is 113 cm³/mol. The van der Waals surface area contributed by atoms with Crippen LogP contribution in [-0.2, 0) is 20.7 Å². The summed E-state index contributed by atoms with van der Waals surface area (Å²) in [7, 11) is 1.24. The second kappa shape index (κ2) is 8.46. The minimum Gasteiger partial charge on any atom is -0.465 e. The van der Waals surface area contributed by atoms with E-state index in [-0.39, 0.29) is 29.4 Å². The van der Waals surface area contributed by atoms with E-state index >= 15 is 0 Å². The van der Waals surface area contributed by atoms with Crippen molar-refractivity contribution in [3.8, 4) is 0 Å². The summed E-state index contributed by atoms with van der Waals surface area (Å²) < 4.78 is 5.58. The molecular formula is C20H20N4O5S. The van der Waals surface area contributed by atoms with E-state index in [1.807, 2.05) is 0 Å². The summed E-state index contributed by atoms with van der Waals surface area (Å²) in [5.41, 5.74) is 2.51. The molecule has 2 aromatic heterocycles. The van der Waals surface area contributed by atoms with Gasteiger partial charge in [0.1, 0.15) is 0 Å². The van der Waals surface area contributed by atoms with Crippen LogP contribution in [0.25, 0.3) is 10.2 Å². The molecule has 0 bridgehead atoms. The van der Waals surface area contributed by atoms with Gasteiger partial charge in [0.2, 0.25) is 11.8 Å². The summed E-state index contributed by atoms with van der Waals surface area (Å²) in [5.74, 6) is -1.45. The number of ketones is 1. The van der Waals surface area contributed by atoms with Crippen LogP contribution >= 0.6 is 11.3 Å². The number of nitrogens with one attached hydrogen (secondary N) is 3. The van der Waals surface area contributed by atoms with Crippen molar-refractivity contribution >= 4 is 55.9 Å². The van der Waals surface area contributed by atoms with Crippen molar-refractivity contribution < 1.29 is 23.9 Å². The van der Waals surface area contributed by atoms with E-state index in [4.69, 9.17) is 4.74 Å². The van der Waals surface area contributed by atoms with Crippen LogP contribution in [0.3, 0.4) is 0 Å². The van der Waals surface area contributed by atoms with Gasteiger partial charge >= 0.3 is 5.97 Å². The Morgan fingerprint density at radius 2 is 1.90 bits per heavy atom. The van der Waals surface area contributed by atoms with Crippen molar-refractivity contribution in [1.29, 1.82) is 0 Å². The van der Waals surface area contributed by atoms with Crippen molar-refractivity contribution in [3.63, 3.8) is 0 Å². The Kier molecular flexibility index (Phi) is 5.97. The molecule has 0 atom stereocenters. The molecule has 0 aliphatic rings. The molecule has 10 heteroatoms. The molecule has 9 nitrogen and oxygen atoms in total. The van der Waals surface area contributed by atoms with Crippen LogP contribution in [0.15, 0.2) is 18.2 Å². The molecule has 3 N–H and O–H groups in total. The molecule has 0 unspecified atom stereocenters. The molecule has 1 aromatic carbocycles. The zero-order valence-corrected chi connectivity index (χ0v) is 17.7. The number of aromatic nitrogens is 2. The van der Waals surface area contributed by atoms with Gasteiger partial charge in [-0.1, -0.05) is 11.3 Å². The molecule has 2 amide bonds. The third-order valence-electron chi connectivity index (χ3n) is 4.36. The first kappa shape index (κ1) is 21.2. The summed E-state index contributed by atoms with van der Waals surface area (Å²) >= 11 is 1.26. The van der Waals surface area contributed by atoms with Crippen LogP contribution < -0.4 is 10.6 Å². The van der Waals surface area contributed by atoms with Crippen molar-refractivity contribution in [3.05, 3.63) is 40.7 Å². The molecule has 0 aliphatic carbocycles. The second-order valence-corrected chi connectivity index (χ2v) is 7.66. The first-order chi connectivity index (χ1) is 14.2. The third kappa shape index (κ3) is 4.38. The molecule has 3 rings (SSSR count). The molecule has 0 fully saturated rings. The molecule has 0 radical (unpaired) electrons. The van der Waals surface area contributed by atoms with Gasteiger partial charge in [-0.15, -0.1) is 0 Å². The Morgan fingerprint density at radius 3 is 2.53 bits per heavy atom. The van der Waals surface area contributed by atoms with Gasteiger partial charge in [-0.3, -0.25) is 14.4 Å². The number of amides is 2. The number of benzene rings is 1. The lowest BCUT2D eigenvalue weighted by Gasteiger charge is -2.04. The van der Waals surface area contributed by atoms with Crippen LogP contribution in [-0.4, -0.2) is 40.6 Å². The Balaban J connectivity index is 1.82. The van der Waals surface area contributed by atoms with Gasteiger partial charge in [0.05, 0.1) is 35.0 Å². The lowest BCUT2D eigenvalue weighted by atomic mass is 10.1. The van der Waals surface area contributed by atoms with E-state index in [0.717, 1.165) is 4.70 Å². The predicted octanol–water partition coefficient (Wildman–Crippen LogP) is 3.06. The lowest BCUT2D eigenvalue weighted by molar-refractivity contribution is -0.116. The minimum absolute atomic E-state index is 0.161. The van der Waals surface area contributed by atoms with E-state index in [1.54, 1.807) is 25.1 Å². The second-order valence-electron chi connectivity index (χ2n) is 6.63. The highest BCUT2D eigenvalue weighted by molar-refractivity contribution is 7.22. The number of esters is 1. The maximum Gasteiger partial charge on any atom is 0.339 e. The largest absolute Gasteiger partial charge is 0.465 e. The highest BCUT2D eigenvalue weighted by Gasteiger charge is 2.24. The van der Waals surface area contributed by atoms with Gasteiger partial charge in [0.15, 0.2) is 10.9 Å². The van der Waals surface area contributed by atoms with Crippen LogP contribution in [0.1, 0.15) is 46.0 Å². The number of hydrogen-bond donors (Lipinski definition) is 3. The van der Waals surface area contributed by atoms with Crippen molar-refractivity contribution in [2.75, 3.05) is 17.7 Å². The van der Waals surface area contributed by atoms with Gasteiger partial charge in [-0.05, 0) is 30.7 Å². The number of Topliss-reactive ketones (excluding diaryl/α,β-unsaturated/α-hetero) is 1. The van der Waals surface area contributed by atoms with Gasteiger partial charge in [0, 0.05) is 25.2 Å². The van der Waals surface area contributed by atoms with E-state index in [0.29, 0.717) is 27.6 Å². The average Bonchev–Trinajstić information content (AvgIpc) is 3.20. The van der Waals surface area contributed by atoms with Gasteiger partial charge in [0.25, 0.3) is 0 Å². The number of H-pyrrole nitrogens is 1. The van der Waals surface area contributed by atoms with Crippen LogP contribution in [0.5, 0.6) is 0 Å². The molecule has 0 spiro atoms. The first-order valence-electron chi connectivity index (χ1n) is 8.98. The van der Waals surface area contributed by atoms with E-state index in [9.17, 15) is 19.2 Å². The van der Waals surface area contributed by atoms with Gasteiger partial charge in [-0.25, -0.2) is 9.78 Å². The normalized spacial score (nSPS) is 10.7. The number of thiazole rings is 1. The summed E-state index contributed by atoms with van der Waals surface area (Å²) in [4.78, 5) is 54.9. The number of anilines is 2. The number of methoxy groups -OCH3 is 1. The maximum atomic E-state index is 12.6. The van der Waals surface area contributed by atoms with Crippen molar-refractivity contribution in [2.24, 2.45) is 0 Å². The molecule has 30 heavy (non-hydrogen) atoms. The van der Waals surface area contributed by atoms with Crippen LogP contribution in [0.2, 0.25) is 0 Å². The summed E-state index contributed by atoms with van der Waals surface area (Å²) in [5, 5.41) is 5.78. The van der Waals surface area contributed by atoms with Gasteiger partial charge in [-0.2, -0.15) is 0 Å². The fourth-order valence-corrected chi connectivity index (χ4v) is 4.03. The molecular weight excluding hydrogens is 408 g/mol. The number of ether oxygens (including phenoxy) is 1. The average molecular weight is 428 g/mol. The first-order valence-corrected chi connectivity index (χ1v) is 9.80. The molecule has 156 valence electrons. The zero-order valence-electron chi connectivity index (χ0n) is 16.8. The fraction of sp³-hybridized carbons (Fsp3) is 0.250. The van der Waals surface area contributed by atoms with Crippen LogP contribution in [0.4, 0.5) is 10.8 Å². The summed E-state index contributed by atoms with van der Waals surface area (Å²) in [6.07, 6.45) is -0.161. The molecule has 0 aliphatic heterocycles. The monoisotopic (exact) mass is 428 g/mol. The third-order valence-corrected chi connectivity index (χ3v) is 5.30. The Morgan fingerprint density at radius 1 is 1.17 bits per heavy atom. The zero-order chi connectivity index (χ0) is 22.0. The Bertz CT molecular complexity index is 1180. The smallest absolute Gasteiger partial charge is 0.339 e. The SMILES string of the molecule is COC(=O)c1c(CC(=O)Nc2nc3ccc(NC(C)=O)cc3s2)[nH]c(C(C)=O)c1C. The molecule has 0 saturated heterocycles. The van der Waals surface area contributed by atoms with E-state index in [2.05, 4.69) is 20.6 Å². The summed E-state index contributed by atoms with van der Waals surface area (Å²) in [6, 6.07) is 5.24. The number of hydrogen-bond acceptors (Lipinski definition) is 7. The minimum atomic E-state index is -0.621. The number of carbonyl (C=O) groups excluding carboxylic acids is 4. The van der Waals surface area contributed by atoms with Crippen LogP contribution in [0, 0.1) is 6.92 Å².